The molecule has 0 spiro atoms. The number of aryl methyl sites for hydroxylation is 1. The Balaban J connectivity index is 1.59. The van der Waals surface area contributed by atoms with Crippen molar-refractivity contribution < 1.29 is 26.5 Å². The van der Waals surface area contributed by atoms with Crippen LogP contribution >= 0.6 is 11.6 Å². The van der Waals surface area contributed by atoms with Crippen LogP contribution in [-0.2, 0) is 32.8 Å². The Morgan fingerprint density at radius 1 is 1.04 bits per heavy atom. The highest BCUT2D eigenvalue weighted by Gasteiger charge is 2.51. The van der Waals surface area contributed by atoms with Crippen molar-refractivity contribution >= 4 is 61.8 Å². The molecule has 47 heavy (non-hydrogen) atoms. The van der Waals surface area contributed by atoms with Crippen LogP contribution in [-0.4, -0.2) is 52.3 Å². The van der Waals surface area contributed by atoms with Crippen molar-refractivity contribution in [3.8, 4) is 5.69 Å². The van der Waals surface area contributed by atoms with Gasteiger partial charge < -0.3 is 15.0 Å². The van der Waals surface area contributed by atoms with Gasteiger partial charge in [0.1, 0.15) is 17.5 Å². The van der Waals surface area contributed by atoms with Crippen LogP contribution in [0, 0.1) is 11.6 Å². The van der Waals surface area contributed by atoms with E-state index in [0.717, 1.165) is 24.5 Å². The zero-order chi connectivity index (χ0) is 34.2. The van der Waals surface area contributed by atoms with Gasteiger partial charge in [-0.1, -0.05) is 17.7 Å². The van der Waals surface area contributed by atoms with Crippen LogP contribution in [0.4, 0.5) is 14.6 Å². The number of nitrogens with zero attached hydrogens (tertiary/aromatic N) is 4. The number of anilines is 1. The van der Waals surface area contributed by atoms with Gasteiger partial charge in [0.25, 0.3) is 5.56 Å². The molecule has 3 heterocycles. The number of aromatic nitrogens is 4. The van der Waals surface area contributed by atoms with E-state index in [2.05, 4.69) is 9.82 Å². The Kier molecular flexibility index (Phi) is 7.99. The van der Waals surface area contributed by atoms with E-state index in [9.17, 15) is 22.0 Å². The van der Waals surface area contributed by atoms with Crippen molar-refractivity contribution in [1.29, 1.82) is 0 Å². The first-order valence-corrected chi connectivity index (χ1v) is 16.9. The molecule has 0 amide bonds. The molecule has 6 rings (SSSR count). The zero-order valence-corrected chi connectivity index (χ0v) is 28.0. The average Bonchev–Trinajstić information content (AvgIpc) is 3.38. The third-order valence-electron chi connectivity index (χ3n) is 8.59. The lowest BCUT2D eigenvalue weighted by Crippen LogP contribution is -2.41. The Hall–Kier alpha value is -3.89. The molecule has 3 N–H and O–H groups in total. The van der Waals surface area contributed by atoms with Crippen LogP contribution in [0.25, 0.3) is 27.5 Å². The molecule has 1 aliphatic rings. The summed E-state index contributed by atoms with van der Waals surface area (Å²) in [6.45, 7) is 7.72. The molecule has 1 aliphatic heterocycles. The third-order valence-corrected chi connectivity index (χ3v) is 9.47. The lowest BCUT2D eigenvalue weighted by molar-refractivity contribution is 0.00578. The number of nitrogens with one attached hydrogen (secondary N) is 1. The molecule has 0 saturated carbocycles. The van der Waals surface area contributed by atoms with Gasteiger partial charge in [-0.3, -0.25) is 18.8 Å². The van der Waals surface area contributed by atoms with Crippen LogP contribution < -0.4 is 21.5 Å². The normalized spacial score (nSPS) is 16.7. The first kappa shape index (κ1) is 33.0. The van der Waals surface area contributed by atoms with Crippen molar-refractivity contribution in [3.05, 3.63) is 86.9 Å². The predicted molar refractivity (Wildman–Crippen MR) is 178 cm³/mol. The Labute approximate surface area is 274 Å². The van der Waals surface area contributed by atoms with Crippen LogP contribution in [0.5, 0.6) is 0 Å². The van der Waals surface area contributed by atoms with Crippen molar-refractivity contribution in [2.45, 2.75) is 51.4 Å². The molecule has 246 valence electrons. The van der Waals surface area contributed by atoms with Crippen molar-refractivity contribution in [2.24, 2.45) is 12.8 Å². The fourth-order valence-corrected chi connectivity index (χ4v) is 6.42. The second-order valence-corrected chi connectivity index (χ2v) is 14.9. The Bertz CT molecular complexity index is 2220. The predicted octanol–water partition coefficient (Wildman–Crippen LogP) is 4.12. The van der Waals surface area contributed by atoms with Gasteiger partial charge >= 0.3 is 7.12 Å². The van der Waals surface area contributed by atoms with E-state index in [1.165, 1.54) is 15.3 Å². The van der Waals surface area contributed by atoms with Gasteiger partial charge in [-0.15, -0.1) is 0 Å². The first-order valence-electron chi connectivity index (χ1n) is 14.6. The number of sulfonamides is 1. The molecule has 3 aromatic carbocycles. The lowest BCUT2D eigenvalue weighted by Gasteiger charge is -2.32. The molecule has 0 aliphatic carbocycles. The number of fused-ring (bicyclic) bond motifs is 2. The summed E-state index contributed by atoms with van der Waals surface area (Å²) in [6, 6.07) is 10.1. The van der Waals surface area contributed by atoms with E-state index in [4.69, 9.17) is 31.6 Å². The molecular formula is C31H32BClF2N6O5S. The third kappa shape index (κ3) is 6.02. The summed E-state index contributed by atoms with van der Waals surface area (Å²) in [7, 11) is -2.90. The summed E-state index contributed by atoms with van der Waals surface area (Å²) >= 11 is 6.55. The van der Waals surface area contributed by atoms with E-state index < -0.39 is 51.6 Å². The molecule has 0 radical (unpaired) electrons. The number of rotatable bonds is 7. The quantitative estimate of drug-likeness (QED) is 0.244. The summed E-state index contributed by atoms with van der Waals surface area (Å²) in [5.41, 5.74) is 6.73. The van der Waals surface area contributed by atoms with Gasteiger partial charge in [-0.05, 0) is 81.5 Å². The molecule has 5 aromatic rings. The molecular weight excluding hydrogens is 653 g/mol. The molecule has 0 unspecified atom stereocenters. The monoisotopic (exact) mass is 684 g/mol. The maximum absolute atomic E-state index is 14.4. The van der Waals surface area contributed by atoms with E-state index in [-0.39, 0.29) is 45.1 Å². The van der Waals surface area contributed by atoms with E-state index in [0.29, 0.717) is 16.5 Å². The Morgan fingerprint density at radius 3 is 2.30 bits per heavy atom. The average molecular weight is 685 g/mol. The van der Waals surface area contributed by atoms with E-state index in [1.807, 2.05) is 27.7 Å². The maximum atomic E-state index is 14.4. The number of nitrogens with two attached hydrogens (primary N) is 1. The zero-order valence-electron chi connectivity index (χ0n) is 26.4. The second-order valence-electron chi connectivity index (χ2n) is 12.7. The fraction of sp³-hybridized carbons (Fsp3) is 0.323. The maximum Gasteiger partial charge on any atom is 0.494 e. The van der Waals surface area contributed by atoms with Gasteiger partial charge in [0.05, 0.1) is 56.0 Å². The smallest absolute Gasteiger partial charge is 0.399 e. The van der Waals surface area contributed by atoms with Crippen LogP contribution in [0.2, 0.25) is 5.02 Å². The summed E-state index contributed by atoms with van der Waals surface area (Å²) in [4.78, 5) is 19.3. The van der Waals surface area contributed by atoms with Gasteiger partial charge in [0.2, 0.25) is 10.0 Å². The molecule has 1 fully saturated rings. The van der Waals surface area contributed by atoms with Crippen LogP contribution in [0.1, 0.15) is 45.1 Å². The number of hydrogen-bond acceptors (Lipinski definition) is 8. The second kappa shape index (κ2) is 11.4. The molecule has 1 saturated heterocycles. The van der Waals surface area contributed by atoms with Crippen LogP contribution in [0.3, 0.4) is 0 Å². The molecule has 2 aromatic heterocycles. The largest absolute Gasteiger partial charge is 0.494 e. The minimum atomic E-state index is -3.74. The van der Waals surface area contributed by atoms with Crippen molar-refractivity contribution in [2.75, 3.05) is 11.0 Å². The minimum Gasteiger partial charge on any atom is -0.399 e. The van der Waals surface area contributed by atoms with Gasteiger partial charge in [0, 0.05) is 13.1 Å². The SMILES string of the molecule is Cn1nc(NS(C)(=O)=O)c2c(Cl)ccc(-n3c([C@@H](N)Cc4cc(F)cc(F)c4)nc4cc(B5OC(C)(C)C(C)(C)O5)ccc4c3=O)c21. The summed E-state index contributed by atoms with van der Waals surface area (Å²) in [5, 5.41) is 4.97. The highest BCUT2D eigenvalue weighted by molar-refractivity contribution is 7.92. The van der Waals surface area contributed by atoms with Crippen LogP contribution in [0.15, 0.2) is 53.3 Å². The van der Waals surface area contributed by atoms with E-state index in [1.54, 1.807) is 31.3 Å². The molecule has 16 heteroatoms. The van der Waals surface area contributed by atoms with E-state index >= 15 is 0 Å². The molecule has 0 bridgehead atoms. The first-order chi connectivity index (χ1) is 21.8. The lowest BCUT2D eigenvalue weighted by atomic mass is 9.79. The minimum absolute atomic E-state index is 0.0354. The number of benzene rings is 3. The standard InChI is InChI=1S/C31H32BClF2N6O5S/c1-30(2)31(3,4)46-32(45-30)17-7-8-20-23(14-17)37-28(22(36)13-16-11-18(34)15-19(35)12-16)41(29(20)42)24-10-9-21(33)25-26(24)40(5)38-27(25)39-47(6,43)44/h7-12,14-15,22H,13,36H2,1-6H3,(H,38,39)/t22-/m0/s1. The van der Waals surface area contributed by atoms with Gasteiger partial charge in [0.15, 0.2) is 5.82 Å². The summed E-state index contributed by atoms with van der Waals surface area (Å²) < 4.78 is 70.0. The molecule has 1 atom stereocenters. The number of halogens is 3. The summed E-state index contributed by atoms with van der Waals surface area (Å²) in [6.07, 6.45) is 0.903. The Morgan fingerprint density at radius 2 is 1.68 bits per heavy atom. The van der Waals surface area contributed by atoms with Gasteiger partial charge in [-0.25, -0.2) is 22.2 Å². The van der Waals surface area contributed by atoms with Crippen molar-refractivity contribution in [3.63, 3.8) is 0 Å². The highest BCUT2D eigenvalue weighted by atomic mass is 35.5. The summed E-state index contributed by atoms with van der Waals surface area (Å²) in [5.74, 6) is -1.51. The topological polar surface area (TPSA) is 143 Å². The highest BCUT2D eigenvalue weighted by Crippen LogP contribution is 2.37. The number of hydrogen-bond donors (Lipinski definition) is 2. The van der Waals surface area contributed by atoms with Crippen molar-refractivity contribution in [1.82, 2.24) is 19.3 Å². The van der Waals surface area contributed by atoms with Gasteiger partial charge in [-0.2, -0.15) is 5.10 Å². The fourth-order valence-electron chi connectivity index (χ4n) is 5.69. The molecule has 11 nitrogen and oxygen atoms in total.